The van der Waals surface area contributed by atoms with Crippen LogP contribution in [0.15, 0.2) is 24.3 Å². The Kier molecular flexibility index (Phi) is 6.18. The van der Waals surface area contributed by atoms with Crippen molar-refractivity contribution in [3.63, 3.8) is 0 Å². The van der Waals surface area contributed by atoms with E-state index in [1.54, 1.807) is 38.3 Å². The van der Waals surface area contributed by atoms with Gasteiger partial charge in [-0.25, -0.2) is 0 Å². The molecule has 2 N–H and O–H groups in total. The molecule has 0 bridgehead atoms. The molecule has 0 saturated heterocycles. The fourth-order valence-electron chi connectivity index (χ4n) is 1.37. The summed E-state index contributed by atoms with van der Waals surface area (Å²) in [4.78, 5) is 12.0. The average Bonchev–Trinajstić information content (AvgIpc) is 2.43. The number of hydrogen-bond donors (Lipinski definition) is 2. The van der Waals surface area contributed by atoms with Crippen molar-refractivity contribution in [3.05, 3.63) is 29.8 Å². The first-order valence-corrected chi connectivity index (χ1v) is 6.72. The van der Waals surface area contributed by atoms with Gasteiger partial charge in [0.2, 0.25) is 0 Å². The number of aliphatic hydroxyl groups excluding tert-OH is 2. The van der Waals surface area contributed by atoms with Gasteiger partial charge >= 0.3 is 0 Å². The third-order valence-corrected chi connectivity index (χ3v) is 3.78. The number of hydrogen-bond acceptors (Lipinski definition) is 5. The van der Waals surface area contributed by atoms with E-state index in [0.29, 0.717) is 17.1 Å². The molecule has 0 fully saturated rings. The van der Waals surface area contributed by atoms with E-state index < -0.39 is 6.10 Å². The fraction of sp³-hybridized carbons (Fsp3) is 0.462. The van der Waals surface area contributed by atoms with Gasteiger partial charge in [0, 0.05) is 11.3 Å². The van der Waals surface area contributed by atoms with Crippen LogP contribution in [0.1, 0.15) is 17.3 Å². The molecule has 5 heteroatoms. The Hall–Kier alpha value is -1.04. The summed E-state index contributed by atoms with van der Waals surface area (Å²) in [5, 5.41) is 17.7. The van der Waals surface area contributed by atoms with Gasteiger partial charge < -0.3 is 14.9 Å². The maximum Gasteiger partial charge on any atom is 0.175 e. The van der Waals surface area contributed by atoms with Crippen molar-refractivity contribution >= 4 is 17.5 Å². The summed E-state index contributed by atoms with van der Waals surface area (Å²) in [5.74, 6) is 1.06. The number of Topliss-reactive ketones (excluding diaryl/α,β-unsaturated/α-hetero) is 1. The van der Waals surface area contributed by atoms with Crippen molar-refractivity contribution in [2.24, 2.45) is 0 Å². The normalized spacial score (nSPS) is 14.0. The van der Waals surface area contributed by atoms with E-state index in [0.717, 1.165) is 0 Å². The van der Waals surface area contributed by atoms with Crippen molar-refractivity contribution in [3.8, 4) is 5.75 Å². The molecule has 0 heterocycles. The smallest absolute Gasteiger partial charge is 0.175 e. The van der Waals surface area contributed by atoms with Crippen molar-refractivity contribution in [1.29, 1.82) is 0 Å². The molecule has 0 aromatic heterocycles. The van der Waals surface area contributed by atoms with Crippen molar-refractivity contribution in [1.82, 2.24) is 0 Å². The third-order valence-electron chi connectivity index (χ3n) is 2.49. The number of carbonyl (C=O) groups is 1. The fourth-order valence-corrected chi connectivity index (χ4v) is 2.28. The summed E-state index contributed by atoms with van der Waals surface area (Å²) in [5.41, 5.74) is 0.620. The number of ether oxygens (including phenoxy) is 1. The van der Waals surface area contributed by atoms with Crippen molar-refractivity contribution < 1.29 is 19.7 Å². The minimum absolute atomic E-state index is 0.00722. The highest BCUT2D eigenvalue weighted by molar-refractivity contribution is 8.00. The molecule has 2 unspecified atom stereocenters. The molecule has 1 aromatic rings. The lowest BCUT2D eigenvalue weighted by Gasteiger charge is -2.12. The summed E-state index contributed by atoms with van der Waals surface area (Å²) in [7, 11) is 1.57. The second-order valence-electron chi connectivity index (χ2n) is 3.90. The van der Waals surface area contributed by atoms with Crippen LogP contribution in [0, 0.1) is 0 Å². The van der Waals surface area contributed by atoms with Gasteiger partial charge in [-0.1, -0.05) is 0 Å². The molecule has 0 aliphatic carbocycles. The zero-order chi connectivity index (χ0) is 13.5. The maximum absolute atomic E-state index is 12.0. The molecule has 0 aliphatic heterocycles. The first-order valence-electron chi connectivity index (χ1n) is 5.67. The number of aliphatic hydroxyl groups is 2. The van der Waals surface area contributed by atoms with E-state index in [-0.39, 0.29) is 17.6 Å². The van der Waals surface area contributed by atoms with Gasteiger partial charge in [0.05, 0.1) is 25.1 Å². The van der Waals surface area contributed by atoms with E-state index in [1.165, 1.54) is 11.8 Å². The van der Waals surface area contributed by atoms with Crippen LogP contribution in [0.5, 0.6) is 5.75 Å². The largest absolute Gasteiger partial charge is 0.497 e. The number of rotatable bonds is 7. The maximum atomic E-state index is 12.0. The molecule has 1 aromatic carbocycles. The Morgan fingerprint density at radius 3 is 2.50 bits per heavy atom. The highest BCUT2D eigenvalue weighted by atomic mass is 32.2. The topological polar surface area (TPSA) is 66.8 Å². The molecule has 1 rings (SSSR count). The summed E-state index contributed by atoms with van der Waals surface area (Å²) in [6.07, 6.45) is -0.777. The van der Waals surface area contributed by atoms with Gasteiger partial charge in [0.25, 0.3) is 0 Å². The number of carbonyl (C=O) groups excluding carboxylic acids is 1. The molecule has 4 nitrogen and oxygen atoms in total. The predicted octanol–water partition coefficient (Wildman–Crippen LogP) is 1.35. The van der Waals surface area contributed by atoms with Crippen molar-refractivity contribution in [2.75, 3.05) is 19.5 Å². The minimum atomic E-state index is -0.777. The number of methoxy groups -OCH3 is 1. The second-order valence-corrected chi connectivity index (χ2v) is 5.28. The van der Waals surface area contributed by atoms with Gasteiger partial charge in [-0.05, 0) is 31.2 Å². The summed E-state index contributed by atoms with van der Waals surface area (Å²) in [6, 6.07) is 6.93. The molecule has 0 spiro atoms. The highest BCUT2D eigenvalue weighted by Crippen LogP contribution is 2.19. The molecule has 2 atom stereocenters. The second kappa shape index (κ2) is 7.41. The molecule has 0 amide bonds. The molecule has 0 radical (unpaired) electrons. The number of thioether (sulfide) groups is 1. The lowest BCUT2D eigenvalue weighted by Crippen LogP contribution is -2.20. The van der Waals surface area contributed by atoms with Crippen LogP contribution in [-0.2, 0) is 0 Å². The summed E-state index contributed by atoms with van der Waals surface area (Å²) < 4.78 is 5.03. The third kappa shape index (κ3) is 4.33. The van der Waals surface area contributed by atoms with E-state index in [1.807, 2.05) is 0 Å². The zero-order valence-corrected chi connectivity index (χ0v) is 11.3. The molecule has 100 valence electrons. The number of ketones is 1. The van der Waals surface area contributed by atoms with Gasteiger partial charge in [0.15, 0.2) is 5.78 Å². The monoisotopic (exact) mass is 270 g/mol. The molecular weight excluding hydrogens is 252 g/mol. The molecule has 0 saturated carbocycles. The Morgan fingerprint density at radius 1 is 1.39 bits per heavy atom. The molecule has 18 heavy (non-hydrogen) atoms. The zero-order valence-electron chi connectivity index (χ0n) is 10.5. The van der Waals surface area contributed by atoms with Crippen LogP contribution < -0.4 is 4.74 Å². The Balaban J connectivity index is 2.56. The Bertz CT molecular complexity index is 377. The predicted molar refractivity (Wildman–Crippen MR) is 72.3 cm³/mol. The van der Waals surface area contributed by atoms with Gasteiger partial charge in [-0.3, -0.25) is 4.79 Å². The van der Waals surface area contributed by atoms with Crippen LogP contribution in [0.2, 0.25) is 0 Å². The van der Waals surface area contributed by atoms with Crippen LogP contribution >= 0.6 is 11.8 Å². The average molecular weight is 270 g/mol. The van der Waals surface area contributed by atoms with Crippen molar-refractivity contribution in [2.45, 2.75) is 18.3 Å². The number of benzene rings is 1. The first kappa shape index (κ1) is 15.0. The van der Waals surface area contributed by atoms with Crippen LogP contribution in [0.25, 0.3) is 0 Å². The highest BCUT2D eigenvalue weighted by Gasteiger charge is 2.17. The van der Waals surface area contributed by atoms with E-state index >= 15 is 0 Å². The summed E-state index contributed by atoms with van der Waals surface area (Å²) in [6.45, 7) is 1.51. The van der Waals surface area contributed by atoms with E-state index in [4.69, 9.17) is 9.84 Å². The standard InChI is InChI=1S/C13H18O4S/c1-9(18-8-11(15)7-14)13(16)10-3-5-12(17-2)6-4-10/h3-6,9,11,14-15H,7-8H2,1-2H3. The van der Waals surface area contributed by atoms with Gasteiger partial charge in [0.1, 0.15) is 5.75 Å². The quantitative estimate of drug-likeness (QED) is 0.732. The first-order chi connectivity index (χ1) is 8.58. The Labute approximate surface area is 111 Å². The lowest BCUT2D eigenvalue weighted by molar-refractivity contribution is 0.0992. The Morgan fingerprint density at radius 2 is 2.00 bits per heavy atom. The van der Waals surface area contributed by atoms with Gasteiger partial charge in [-0.2, -0.15) is 0 Å². The van der Waals surface area contributed by atoms with Crippen LogP contribution in [0.3, 0.4) is 0 Å². The van der Waals surface area contributed by atoms with Gasteiger partial charge in [-0.15, -0.1) is 11.8 Å². The van der Waals surface area contributed by atoms with E-state index in [9.17, 15) is 9.90 Å². The minimum Gasteiger partial charge on any atom is -0.497 e. The molecular formula is C13H18O4S. The van der Waals surface area contributed by atoms with E-state index in [2.05, 4.69) is 0 Å². The SMILES string of the molecule is COc1ccc(C(=O)C(C)SCC(O)CO)cc1. The van der Waals surface area contributed by atoms with Crippen LogP contribution in [0.4, 0.5) is 0 Å². The lowest BCUT2D eigenvalue weighted by atomic mass is 10.1. The van der Waals surface area contributed by atoms with Crippen LogP contribution in [-0.4, -0.2) is 46.8 Å². The molecule has 0 aliphatic rings. The summed E-state index contributed by atoms with van der Waals surface area (Å²) >= 11 is 1.33.